The van der Waals surface area contributed by atoms with Crippen LogP contribution in [0.1, 0.15) is 20.9 Å². The van der Waals surface area contributed by atoms with E-state index in [0.29, 0.717) is 0 Å². The summed E-state index contributed by atoms with van der Waals surface area (Å²) < 4.78 is 9.43. The molecule has 0 N–H and O–H groups in total. The summed E-state index contributed by atoms with van der Waals surface area (Å²) in [6.45, 7) is 8.75. The SMILES string of the molecule is Cc1cc(C)c(-c2ccc(-c3ccc(-c4ccc(-c5sc(C)cc5C)s4)c4nsnc34)s2)s1. The third-order valence-corrected chi connectivity index (χ3v) is 11.1. The molecule has 5 heterocycles. The van der Waals surface area contributed by atoms with Crippen LogP contribution in [0, 0.1) is 27.7 Å². The number of benzene rings is 1. The van der Waals surface area contributed by atoms with E-state index >= 15 is 0 Å². The summed E-state index contributed by atoms with van der Waals surface area (Å²) in [4.78, 5) is 10.6. The zero-order chi connectivity index (χ0) is 22.7. The highest BCUT2D eigenvalue weighted by molar-refractivity contribution is 7.24. The molecule has 0 atom stereocenters. The van der Waals surface area contributed by atoms with Crippen molar-refractivity contribution in [3.05, 3.63) is 69.4 Å². The first-order valence-corrected chi connectivity index (χ1v) is 14.6. The largest absolute Gasteiger partial charge is 0.172 e. The van der Waals surface area contributed by atoms with Crippen molar-refractivity contribution in [2.45, 2.75) is 27.7 Å². The first-order valence-electron chi connectivity index (χ1n) is 10.6. The molecule has 0 aliphatic heterocycles. The van der Waals surface area contributed by atoms with Crippen LogP contribution in [-0.2, 0) is 0 Å². The fraction of sp³-hybridized carbons (Fsp3) is 0.154. The Balaban J connectivity index is 1.41. The van der Waals surface area contributed by atoms with Crippen molar-refractivity contribution >= 4 is 68.1 Å². The van der Waals surface area contributed by atoms with Crippen LogP contribution in [0.5, 0.6) is 0 Å². The summed E-state index contributed by atoms with van der Waals surface area (Å²) in [6.07, 6.45) is 0. The van der Waals surface area contributed by atoms with Gasteiger partial charge in [0.05, 0.1) is 11.7 Å². The van der Waals surface area contributed by atoms with Gasteiger partial charge >= 0.3 is 0 Å². The van der Waals surface area contributed by atoms with E-state index in [1.807, 2.05) is 45.3 Å². The lowest BCUT2D eigenvalue weighted by Gasteiger charge is -2.03. The van der Waals surface area contributed by atoms with Crippen molar-refractivity contribution in [2.75, 3.05) is 0 Å². The Labute approximate surface area is 213 Å². The van der Waals surface area contributed by atoms with Gasteiger partial charge < -0.3 is 0 Å². The molecule has 6 aromatic rings. The lowest BCUT2D eigenvalue weighted by atomic mass is 10.1. The minimum Gasteiger partial charge on any atom is -0.172 e. The van der Waals surface area contributed by atoms with Gasteiger partial charge in [-0.3, -0.25) is 0 Å². The molecule has 5 aromatic heterocycles. The van der Waals surface area contributed by atoms with Crippen LogP contribution in [0.25, 0.3) is 51.4 Å². The molecule has 2 nitrogen and oxygen atoms in total. The van der Waals surface area contributed by atoms with E-state index in [2.05, 4.69) is 76.2 Å². The zero-order valence-corrected chi connectivity index (χ0v) is 22.6. The summed E-state index contributed by atoms with van der Waals surface area (Å²) in [6, 6.07) is 17.9. The molecule has 0 spiro atoms. The van der Waals surface area contributed by atoms with Crippen molar-refractivity contribution in [3.63, 3.8) is 0 Å². The second-order valence-electron chi connectivity index (χ2n) is 8.19. The third-order valence-electron chi connectivity index (χ3n) is 5.69. The Hall–Kier alpha value is -2.16. The van der Waals surface area contributed by atoms with E-state index in [0.717, 1.165) is 11.0 Å². The molecule has 0 amide bonds. The van der Waals surface area contributed by atoms with Gasteiger partial charge in [-0.1, -0.05) is 12.1 Å². The van der Waals surface area contributed by atoms with E-state index in [4.69, 9.17) is 8.75 Å². The third kappa shape index (κ3) is 3.72. The maximum atomic E-state index is 4.71. The fourth-order valence-corrected chi connectivity index (χ4v) is 9.29. The van der Waals surface area contributed by atoms with E-state index in [-0.39, 0.29) is 0 Å². The number of hydrogen-bond donors (Lipinski definition) is 0. The van der Waals surface area contributed by atoms with Crippen LogP contribution in [-0.4, -0.2) is 8.75 Å². The smallest absolute Gasteiger partial charge is 0.114 e. The van der Waals surface area contributed by atoms with Gasteiger partial charge in [-0.15, -0.1) is 45.3 Å². The first-order chi connectivity index (χ1) is 16.0. The van der Waals surface area contributed by atoms with Crippen LogP contribution in [0.15, 0.2) is 48.5 Å². The van der Waals surface area contributed by atoms with Crippen LogP contribution in [0.2, 0.25) is 0 Å². The van der Waals surface area contributed by atoms with E-state index < -0.39 is 0 Å². The van der Waals surface area contributed by atoms with E-state index in [9.17, 15) is 0 Å². The molecule has 0 aliphatic carbocycles. The zero-order valence-electron chi connectivity index (χ0n) is 18.6. The molecular weight excluding hydrogens is 501 g/mol. The number of rotatable bonds is 4. The molecule has 7 heteroatoms. The van der Waals surface area contributed by atoms with Crippen LogP contribution in [0.4, 0.5) is 0 Å². The van der Waals surface area contributed by atoms with Crippen molar-refractivity contribution in [2.24, 2.45) is 0 Å². The molecule has 33 heavy (non-hydrogen) atoms. The standard InChI is InChI=1S/C26H20N2S5/c1-13-11-15(3)29-25(13)21-9-7-19(31-21)17-5-6-18(24-23(17)27-33-28-24)20-8-10-22(32-20)26-14(2)12-16(4)30-26/h5-12H,1-4H3. The van der Waals surface area contributed by atoms with Gasteiger partial charge in [0.2, 0.25) is 0 Å². The average molecular weight is 521 g/mol. The predicted octanol–water partition coefficient (Wildman–Crippen LogP) is 9.84. The Bertz CT molecular complexity index is 1500. The van der Waals surface area contributed by atoms with Crippen LogP contribution >= 0.6 is 57.1 Å². The summed E-state index contributed by atoms with van der Waals surface area (Å²) in [7, 11) is 0. The molecule has 0 radical (unpaired) electrons. The quantitative estimate of drug-likeness (QED) is 0.231. The number of aryl methyl sites for hydroxylation is 4. The number of hydrogen-bond acceptors (Lipinski definition) is 7. The van der Waals surface area contributed by atoms with Crippen LogP contribution < -0.4 is 0 Å². The molecule has 164 valence electrons. The molecule has 0 saturated heterocycles. The minimum atomic E-state index is 1.00. The molecule has 6 rings (SSSR count). The molecule has 1 aromatic carbocycles. The number of aromatic nitrogens is 2. The van der Waals surface area contributed by atoms with E-state index in [1.54, 1.807) is 0 Å². The van der Waals surface area contributed by atoms with Crippen LogP contribution in [0.3, 0.4) is 0 Å². The predicted molar refractivity (Wildman–Crippen MR) is 150 cm³/mol. The monoisotopic (exact) mass is 520 g/mol. The highest BCUT2D eigenvalue weighted by Gasteiger charge is 2.18. The van der Waals surface area contributed by atoms with Crippen molar-refractivity contribution in [1.82, 2.24) is 8.75 Å². The number of fused-ring (bicyclic) bond motifs is 1. The van der Waals surface area contributed by atoms with Crippen molar-refractivity contribution < 1.29 is 0 Å². The van der Waals surface area contributed by atoms with Gasteiger partial charge in [0.1, 0.15) is 11.0 Å². The highest BCUT2D eigenvalue weighted by atomic mass is 32.1. The molecular formula is C26H20N2S5. The van der Waals surface area contributed by atoms with Gasteiger partial charge in [0, 0.05) is 50.1 Å². The topological polar surface area (TPSA) is 25.8 Å². The number of thiophene rings is 4. The Morgan fingerprint density at radius 2 is 0.939 bits per heavy atom. The first kappa shape index (κ1) is 21.4. The maximum absolute atomic E-state index is 4.71. The van der Waals surface area contributed by atoms with Gasteiger partial charge in [0.15, 0.2) is 0 Å². The Morgan fingerprint density at radius 1 is 0.515 bits per heavy atom. The van der Waals surface area contributed by atoms with Gasteiger partial charge in [-0.2, -0.15) is 8.75 Å². The van der Waals surface area contributed by atoms with Crippen molar-refractivity contribution in [1.29, 1.82) is 0 Å². The van der Waals surface area contributed by atoms with Crippen molar-refractivity contribution in [3.8, 4) is 40.4 Å². The Morgan fingerprint density at radius 3 is 1.33 bits per heavy atom. The lowest BCUT2D eigenvalue weighted by Crippen LogP contribution is -1.81. The summed E-state index contributed by atoms with van der Waals surface area (Å²) in [5.41, 5.74) is 7.06. The summed E-state index contributed by atoms with van der Waals surface area (Å²) in [5, 5.41) is 0. The maximum Gasteiger partial charge on any atom is 0.114 e. The molecule has 0 saturated carbocycles. The van der Waals surface area contributed by atoms with Gasteiger partial charge in [0.25, 0.3) is 0 Å². The minimum absolute atomic E-state index is 1.00. The summed E-state index contributed by atoms with van der Waals surface area (Å²) in [5.74, 6) is 0. The summed E-state index contributed by atoms with van der Waals surface area (Å²) >= 11 is 8.73. The average Bonchev–Trinajstić information content (AvgIpc) is 3.58. The highest BCUT2D eigenvalue weighted by Crippen LogP contribution is 2.45. The molecule has 0 unspecified atom stereocenters. The lowest BCUT2D eigenvalue weighted by molar-refractivity contribution is 1.51. The Kier molecular flexibility index (Phi) is 5.35. The fourth-order valence-electron chi connectivity index (χ4n) is 4.25. The molecule has 0 aliphatic rings. The second-order valence-corrected chi connectivity index (χ2v) is 13.4. The van der Waals surface area contributed by atoms with E-state index in [1.165, 1.54) is 73.0 Å². The molecule has 0 bridgehead atoms. The number of nitrogens with zero attached hydrogens (tertiary/aromatic N) is 2. The second kappa shape index (κ2) is 8.25. The van der Waals surface area contributed by atoms with Gasteiger partial charge in [-0.05, 0) is 75.2 Å². The molecule has 0 fully saturated rings. The van der Waals surface area contributed by atoms with Gasteiger partial charge in [-0.25, -0.2) is 0 Å². The normalized spacial score (nSPS) is 11.6.